The van der Waals surface area contributed by atoms with Crippen molar-refractivity contribution in [2.24, 2.45) is 0 Å². The molecular weight excluding hydrogens is 250 g/mol. The number of carboxylic acid groups (broad SMARTS) is 1. The van der Waals surface area contributed by atoms with Gasteiger partial charge in [0, 0.05) is 6.07 Å². The van der Waals surface area contributed by atoms with E-state index in [0.717, 1.165) is 0 Å². The first kappa shape index (κ1) is 13.2. The summed E-state index contributed by atoms with van der Waals surface area (Å²) in [6, 6.07) is 4.64. The lowest BCUT2D eigenvalue weighted by Gasteiger charge is -2.24. The van der Waals surface area contributed by atoms with E-state index in [9.17, 15) is 9.59 Å². The Morgan fingerprint density at radius 1 is 1.53 bits per heavy atom. The van der Waals surface area contributed by atoms with Crippen molar-refractivity contribution in [3.05, 3.63) is 23.8 Å². The quantitative estimate of drug-likeness (QED) is 0.853. The Balaban J connectivity index is 2.29. The molecule has 0 aromatic heterocycles. The lowest BCUT2D eigenvalue weighted by molar-refractivity contribution is -0.139. The third kappa shape index (κ3) is 3.15. The molecule has 6 nitrogen and oxygen atoms in total. The van der Waals surface area contributed by atoms with Crippen LogP contribution in [0.3, 0.4) is 0 Å². The fourth-order valence-corrected chi connectivity index (χ4v) is 1.73. The van der Waals surface area contributed by atoms with Crippen molar-refractivity contribution in [2.45, 2.75) is 19.4 Å². The summed E-state index contributed by atoms with van der Waals surface area (Å²) in [4.78, 5) is 22.3. The zero-order chi connectivity index (χ0) is 14.0. The minimum Gasteiger partial charge on any atom is -0.485 e. The number of nitrogens with one attached hydrogen (secondary N) is 1. The second-order valence-electron chi connectivity index (χ2n) is 4.88. The first-order valence-electron chi connectivity index (χ1n) is 5.83. The van der Waals surface area contributed by atoms with Gasteiger partial charge in [0.25, 0.3) is 5.91 Å². The van der Waals surface area contributed by atoms with Crippen LogP contribution < -0.4 is 14.8 Å². The van der Waals surface area contributed by atoms with Crippen LogP contribution in [0, 0.1) is 0 Å². The topological polar surface area (TPSA) is 84.9 Å². The number of hydrogen-bond donors (Lipinski definition) is 2. The maximum atomic E-state index is 11.8. The van der Waals surface area contributed by atoms with Gasteiger partial charge >= 0.3 is 5.97 Å². The van der Waals surface area contributed by atoms with Crippen molar-refractivity contribution in [3.8, 4) is 11.5 Å². The summed E-state index contributed by atoms with van der Waals surface area (Å²) in [6.07, 6.45) is 0. The molecule has 0 fully saturated rings. The third-order valence-corrected chi connectivity index (χ3v) is 2.62. The number of carbonyl (C=O) groups is 2. The van der Waals surface area contributed by atoms with Crippen molar-refractivity contribution in [1.82, 2.24) is 5.32 Å². The predicted molar refractivity (Wildman–Crippen MR) is 66.6 cm³/mol. The second kappa shape index (κ2) is 4.79. The summed E-state index contributed by atoms with van der Waals surface area (Å²) in [6.45, 7) is 3.67. The van der Waals surface area contributed by atoms with Crippen LogP contribution in [-0.2, 0) is 4.79 Å². The molecule has 0 bridgehead atoms. The number of hydrogen-bond acceptors (Lipinski definition) is 4. The molecule has 0 unspecified atom stereocenters. The molecule has 1 aromatic carbocycles. The molecular formula is C13H15NO5. The molecule has 1 heterocycles. The molecule has 2 rings (SSSR count). The Labute approximate surface area is 110 Å². The number of rotatable bonds is 3. The Morgan fingerprint density at radius 2 is 2.26 bits per heavy atom. The average molecular weight is 265 g/mol. The number of benzene rings is 1. The minimum absolute atomic E-state index is 0.217. The number of ether oxygens (including phenoxy) is 2. The molecule has 1 aliphatic heterocycles. The number of carboxylic acids is 1. The van der Waals surface area contributed by atoms with Crippen LogP contribution >= 0.6 is 0 Å². The normalized spacial score (nSPS) is 16.6. The zero-order valence-electron chi connectivity index (χ0n) is 10.7. The Hall–Kier alpha value is -2.24. The van der Waals surface area contributed by atoms with E-state index in [1.165, 1.54) is 6.07 Å². The minimum atomic E-state index is -1.06. The van der Waals surface area contributed by atoms with Crippen LogP contribution in [-0.4, -0.2) is 35.7 Å². The lowest BCUT2D eigenvalue weighted by atomic mass is 10.1. The van der Waals surface area contributed by atoms with Crippen molar-refractivity contribution < 1.29 is 24.2 Å². The van der Waals surface area contributed by atoms with E-state index in [-0.39, 0.29) is 5.91 Å². The van der Waals surface area contributed by atoms with Crippen LogP contribution in [0.4, 0.5) is 0 Å². The maximum absolute atomic E-state index is 11.8. The molecule has 6 heteroatoms. The van der Waals surface area contributed by atoms with Crippen LogP contribution in [0.1, 0.15) is 24.2 Å². The van der Waals surface area contributed by atoms with Crippen molar-refractivity contribution in [1.29, 1.82) is 0 Å². The summed E-state index contributed by atoms with van der Waals surface area (Å²) in [5.41, 5.74) is -0.125. The van der Waals surface area contributed by atoms with Gasteiger partial charge in [0.15, 0.2) is 6.61 Å². The molecule has 0 spiro atoms. The molecule has 1 aromatic rings. The van der Waals surface area contributed by atoms with Gasteiger partial charge in [0.2, 0.25) is 0 Å². The maximum Gasteiger partial charge on any atom is 0.341 e. The van der Waals surface area contributed by atoms with E-state index in [2.05, 4.69) is 5.32 Å². The van der Waals surface area contributed by atoms with Gasteiger partial charge in [-0.2, -0.15) is 0 Å². The molecule has 1 aliphatic rings. The highest BCUT2D eigenvalue weighted by molar-refractivity contribution is 5.97. The van der Waals surface area contributed by atoms with E-state index < -0.39 is 18.2 Å². The first-order chi connectivity index (χ1) is 8.87. The smallest absolute Gasteiger partial charge is 0.341 e. The SMILES string of the molecule is CC1(C)CNC(=O)c2ccc(OCC(=O)O)cc2O1. The Bertz CT molecular complexity index is 524. The van der Waals surface area contributed by atoms with Gasteiger partial charge in [0.1, 0.15) is 17.1 Å². The standard InChI is InChI=1S/C13H15NO5/c1-13(2)7-14-12(17)9-4-3-8(5-10(9)19-13)18-6-11(15)16/h3-5H,6-7H2,1-2H3,(H,14,17)(H,15,16). The highest BCUT2D eigenvalue weighted by Gasteiger charge is 2.28. The van der Waals surface area contributed by atoms with E-state index in [4.69, 9.17) is 14.6 Å². The van der Waals surface area contributed by atoms with Crippen molar-refractivity contribution >= 4 is 11.9 Å². The summed E-state index contributed by atoms with van der Waals surface area (Å²) in [7, 11) is 0. The van der Waals surface area contributed by atoms with E-state index >= 15 is 0 Å². The summed E-state index contributed by atoms with van der Waals surface area (Å²) in [5, 5.41) is 11.3. The monoisotopic (exact) mass is 265 g/mol. The van der Waals surface area contributed by atoms with Gasteiger partial charge in [-0.3, -0.25) is 4.79 Å². The summed E-state index contributed by atoms with van der Waals surface area (Å²) in [5.74, 6) is -0.533. The highest BCUT2D eigenvalue weighted by atomic mass is 16.5. The average Bonchev–Trinajstić information content (AvgIpc) is 2.43. The number of amides is 1. The number of fused-ring (bicyclic) bond motifs is 1. The fraction of sp³-hybridized carbons (Fsp3) is 0.385. The van der Waals surface area contributed by atoms with E-state index in [1.54, 1.807) is 12.1 Å². The van der Waals surface area contributed by atoms with Gasteiger partial charge < -0.3 is 19.9 Å². The molecule has 0 saturated heterocycles. The number of aliphatic carboxylic acids is 1. The van der Waals surface area contributed by atoms with Crippen molar-refractivity contribution in [2.75, 3.05) is 13.2 Å². The fourth-order valence-electron chi connectivity index (χ4n) is 1.73. The predicted octanol–water partition coefficient (Wildman–Crippen LogP) is 1.05. The second-order valence-corrected chi connectivity index (χ2v) is 4.88. The van der Waals surface area contributed by atoms with Gasteiger partial charge in [-0.15, -0.1) is 0 Å². The molecule has 0 saturated carbocycles. The third-order valence-electron chi connectivity index (χ3n) is 2.62. The number of carbonyl (C=O) groups excluding carboxylic acids is 1. The van der Waals surface area contributed by atoms with Gasteiger partial charge in [-0.05, 0) is 26.0 Å². The molecule has 1 amide bonds. The van der Waals surface area contributed by atoms with Gasteiger partial charge in [-0.25, -0.2) is 4.79 Å². The van der Waals surface area contributed by atoms with Crippen LogP contribution in [0.2, 0.25) is 0 Å². The molecule has 0 radical (unpaired) electrons. The molecule has 0 aliphatic carbocycles. The van der Waals surface area contributed by atoms with Crippen LogP contribution in [0.25, 0.3) is 0 Å². The molecule has 102 valence electrons. The van der Waals surface area contributed by atoms with Gasteiger partial charge in [-0.1, -0.05) is 0 Å². The van der Waals surface area contributed by atoms with Gasteiger partial charge in [0.05, 0.1) is 12.1 Å². The Morgan fingerprint density at radius 3 is 2.95 bits per heavy atom. The van der Waals surface area contributed by atoms with E-state index in [0.29, 0.717) is 23.6 Å². The molecule has 0 atom stereocenters. The first-order valence-corrected chi connectivity index (χ1v) is 5.83. The molecule has 2 N–H and O–H groups in total. The van der Waals surface area contributed by atoms with E-state index in [1.807, 2.05) is 13.8 Å². The largest absolute Gasteiger partial charge is 0.485 e. The zero-order valence-corrected chi connectivity index (χ0v) is 10.7. The lowest BCUT2D eigenvalue weighted by Crippen LogP contribution is -2.39. The Kier molecular flexibility index (Phi) is 3.33. The van der Waals surface area contributed by atoms with Crippen LogP contribution in [0.5, 0.6) is 11.5 Å². The van der Waals surface area contributed by atoms with Crippen LogP contribution in [0.15, 0.2) is 18.2 Å². The molecule has 19 heavy (non-hydrogen) atoms. The summed E-state index contributed by atoms with van der Waals surface area (Å²) >= 11 is 0. The van der Waals surface area contributed by atoms with Crippen molar-refractivity contribution in [3.63, 3.8) is 0 Å². The highest BCUT2D eigenvalue weighted by Crippen LogP contribution is 2.30. The summed E-state index contributed by atoms with van der Waals surface area (Å²) < 4.78 is 10.8.